The SMILES string of the molecule is CCOc1c(OC)nc2ccc(C(O)(c3ccc(Cl)nc3)c3cncn3C)cc2c1Cl. The number of hydrogen-bond donors (Lipinski definition) is 1. The van der Waals surface area contributed by atoms with Crippen molar-refractivity contribution in [2.24, 2.45) is 7.05 Å². The zero-order chi connectivity index (χ0) is 22.2. The standard InChI is InChI=1S/C22H20Cl2N4O3/c1-4-31-20-19(24)15-9-13(5-7-16(15)27-21(20)30-3)22(29,17-11-25-12-28(17)2)14-6-8-18(23)26-10-14/h5-12,29H,4H2,1-3H3. The molecule has 0 spiro atoms. The van der Waals surface area contributed by atoms with Crippen molar-refractivity contribution in [2.45, 2.75) is 12.5 Å². The fourth-order valence-corrected chi connectivity index (χ4v) is 3.98. The van der Waals surface area contributed by atoms with E-state index in [0.29, 0.717) is 56.1 Å². The van der Waals surface area contributed by atoms with Gasteiger partial charge in [0.1, 0.15) is 5.15 Å². The molecule has 1 N–H and O–H groups in total. The van der Waals surface area contributed by atoms with Crippen LogP contribution in [0.1, 0.15) is 23.7 Å². The van der Waals surface area contributed by atoms with Gasteiger partial charge in [-0.2, -0.15) is 0 Å². The highest BCUT2D eigenvalue weighted by Gasteiger charge is 2.37. The van der Waals surface area contributed by atoms with E-state index < -0.39 is 5.60 Å². The highest BCUT2D eigenvalue weighted by molar-refractivity contribution is 6.37. The number of pyridine rings is 2. The molecule has 0 saturated heterocycles. The molecule has 0 amide bonds. The third-order valence-electron chi connectivity index (χ3n) is 5.08. The number of ether oxygens (including phenoxy) is 2. The highest BCUT2D eigenvalue weighted by atomic mass is 35.5. The molecule has 0 aliphatic heterocycles. The van der Waals surface area contributed by atoms with Crippen molar-refractivity contribution < 1.29 is 14.6 Å². The van der Waals surface area contributed by atoms with Crippen molar-refractivity contribution in [1.29, 1.82) is 0 Å². The van der Waals surface area contributed by atoms with Crippen LogP contribution in [0.25, 0.3) is 10.9 Å². The first-order chi connectivity index (χ1) is 14.9. The Bertz CT molecular complexity index is 1240. The molecule has 0 saturated carbocycles. The molecule has 0 bridgehead atoms. The van der Waals surface area contributed by atoms with Gasteiger partial charge < -0.3 is 19.1 Å². The molecule has 3 heterocycles. The lowest BCUT2D eigenvalue weighted by atomic mass is 9.84. The monoisotopic (exact) mass is 458 g/mol. The Balaban J connectivity index is 1.99. The summed E-state index contributed by atoms with van der Waals surface area (Å²) in [5.41, 5.74) is 0.687. The molecule has 4 aromatic rings. The minimum atomic E-state index is -1.56. The molecule has 1 unspecified atom stereocenters. The summed E-state index contributed by atoms with van der Waals surface area (Å²) in [5.74, 6) is 0.657. The maximum atomic E-state index is 12.0. The van der Waals surface area contributed by atoms with Crippen LogP contribution >= 0.6 is 23.2 Å². The van der Waals surface area contributed by atoms with E-state index in [2.05, 4.69) is 15.0 Å². The van der Waals surface area contributed by atoms with Crippen molar-refractivity contribution in [3.05, 3.63) is 76.0 Å². The van der Waals surface area contributed by atoms with Crippen molar-refractivity contribution in [3.63, 3.8) is 0 Å². The Morgan fingerprint density at radius 3 is 2.52 bits per heavy atom. The Labute approximate surface area is 189 Å². The summed E-state index contributed by atoms with van der Waals surface area (Å²) >= 11 is 12.7. The van der Waals surface area contributed by atoms with Crippen LogP contribution in [-0.2, 0) is 12.6 Å². The first kappa shape index (κ1) is 21.4. The summed E-state index contributed by atoms with van der Waals surface area (Å²) in [6.45, 7) is 2.25. The van der Waals surface area contributed by atoms with Crippen LogP contribution in [0.4, 0.5) is 0 Å². The number of imidazole rings is 1. The average Bonchev–Trinajstić information content (AvgIpc) is 3.21. The third-order valence-corrected chi connectivity index (χ3v) is 5.68. The number of nitrogens with zero attached hydrogens (tertiary/aromatic N) is 4. The fraction of sp³-hybridized carbons (Fsp3) is 0.227. The molecule has 1 aromatic carbocycles. The summed E-state index contributed by atoms with van der Waals surface area (Å²) in [7, 11) is 3.32. The number of rotatable bonds is 6. The Morgan fingerprint density at radius 2 is 1.90 bits per heavy atom. The van der Waals surface area contributed by atoms with Crippen LogP contribution in [0.3, 0.4) is 0 Å². The van der Waals surface area contributed by atoms with E-state index in [1.165, 1.54) is 7.11 Å². The number of aromatic nitrogens is 4. The van der Waals surface area contributed by atoms with E-state index in [1.54, 1.807) is 53.6 Å². The Hall–Kier alpha value is -2.87. The second-order valence-corrected chi connectivity index (χ2v) is 7.66. The quantitative estimate of drug-likeness (QED) is 0.432. The molecular weight excluding hydrogens is 439 g/mol. The molecule has 9 heteroatoms. The first-order valence-corrected chi connectivity index (χ1v) is 10.3. The maximum Gasteiger partial charge on any atom is 0.258 e. The maximum absolute atomic E-state index is 12.0. The molecule has 7 nitrogen and oxygen atoms in total. The largest absolute Gasteiger partial charge is 0.487 e. The van der Waals surface area contributed by atoms with E-state index in [0.717, 1.165) is 0 Å². The van der Waals surface area contributed by atoms with Gasteiger partial charge in [0.25, 0.3) is 5.88 Å². The highest BCUT2D eigenvalue weighted by Crippen LogP contribution is 2.42. The zero-order valence-electron chi connectivity index (χ0n) is 17.1. The number of hydrogen-bond acceptors (Lipinski definition) is 6. The Kier molecular flexibility index (Phi) is 5.75. The van der Waals surface area contributed by atoms with Crippen molar-refractivity contribution in [3.8, 4) is 11.6 Å². The third kappa shape index (κ3) is 3.59. The van der Waals surface area contributed by atoms with E-state index in [9.17, 15) is 5.11 Å². The topological polar surface area (TPSA) is 82.3 Å². The van der Waals surface area contributed by atoms with Gasteiger partial charge in [0, 0.05) is 24.2 Å². The molecule has 1 atom stereocenters. The predicted octanol–water partition coefficient (Wildman–Crippen LogP) is 4.36. The molecule has 3 aromatic heterocycles. The second-order valence-electron chi connectivity index (χ2n) is 6.90. The lowest BCUT2D eigenvalue weighted by molar-refractivity contribution is 0.117. The zero-order valence-corrected chi connectivity index (χ0v) is 18.6. The number of aliphatic hydroxyl groups is 1. The summed E-state index contributed by atoms with van der Waals surface area (Å²) in [4.78, 5) is 12.8. The van der Waals surface area contributed by atoms with Gasteiger partial charge >= 0.3 is 0 Å². The predicted molar refractivity (Wildman–Crippen MR) is 119 cm³/mol. The van der Waals surface area contributed by atoms with Crippen molar-refractivity contribution in [2.75, 3.05) is 13.7 Å². The van der Waals surface area contributed by atoms with Crippen LogP contribution in [0.2, 0.25) is 10.2 Å². The Morgan fingerprint density at radius 1 is 1.13 bits per heavy atom. The van der Waals surface area contributed by atoms with Gasteiger partial charge in [-0.15, -0.1) is 0 Å². The smallest absolute Gasteiger partial charge is 0.258 e. The number of fused-ring (bicyclic) bond motifs is 1. The summed E-state index contributed by atoms with van der Waals surface area (Å²) < 4.78 is 12.7. The molecule has 4 rings (SSSR count). The average molecular weight is 459 g/mol. The van der Waals surface area contributed by atoms with Gasteiger partial charge in [-0.25, -0.2) is 15.0 Å². The van der Waals surface area contributed by atoms with Crippen LogP contribution in [0.5, 0.6) is 11.6 Å². The molecule has 0 aliphatic carbocycles. The van der Waals surface area contributed by atoms with E-state index >= 15 is 0 Å². The summed E-state index contributed by atoms with van der Waals surface area (Å²) in [6.07, 6.45) is 4.77. The van der Waals surface area contributed by atoms with E-state index in [4.69, 9.17) is 32.7 Å². The number of benzene rings is 1. The lowest BCUT2D eigenvalue weighted by Crippen LogP contribution is -2.31. The first-order valence-electron chi connectivity index (χ1n) is 9.51. The van der Waals surface area contributed by atoms with Crippen LogP contribution in [0, 0.1) is 0 Å². The molecule has 0 aliphatic rings. The molecular formula is C22H20Cl2N4O3. The summed E-state index contributed by atoms with van der Waals surface area (Å²) in [5, 5.41) is 13.3. The van der Waals surface area contributed by atoms with Crippen LogP contribution in [0.15, 0.2) is 49.1 Å². The van der Waals surface area contributed by atoms with Gasteiger partial charge in [0.05, 0.1) is 42.5 Å². The van der Waals surface area contributed by atoms with Gasteiger partial charge in [-0.05, 0) is 30.7 Å². The lowest BCUT2D eigenvalue weighted by Gasteiger charge is -2.29. The fourth-order valence-electron chi connectivity index (χ4n) is 3.58. The van der Waals surface area contributed by atoms with Crippen molar-refractivity contribution in [1.82, 2.24) is 19.5 Å². The van der Waals surface area contributed by atoms with Gasteiger partial charge in [-0.1, -0.05) is 35.3 Å². The second kappa shape index (κ2) is 8.34. The van der Waals surface area contributed by atoms with Gasteiger partial charge in [0.2, 0.25) is 5.75 Å². The minimum absolute atomic E-state index is 0.302. The molecule has 160 valence electrons. The van der Waals surface area contributed by atoms with Crippen molar-refractivity contribution >= 4 is 34.1 Å². The van der Waals surface area contributed by atoms with Crippen LogP contribution in [-0.4, -0.2) is 38.3 Å². The molecule has 0 radical (unpaired) electrons. The minimum Gasteiger partial charge on any atom is -0.487 e. The number of methoxy groups -OCH3 is 1. The van der Waals surface area contributed by atoms with Gasteiger partial charge in [-0.3, -0.25) is 0 Å². The van der Waals surface area contributed by atoms with E-state index in [-0.39, 0.29) is 0 Å². The summed E-state index contributed by atoms with van der Waals surface area (Å²) in [6, 6.07) is 8.71. The normalized spacial score (nSPS) is 13.2. The van der Waals surface area contributed by atoms with Crippen LogP contribution < -0.4 is 9.47 Å². The van der Waals surface area contributed by atoms with E-state index in [1.807, 2.05) is 14.0 Å². The number of aryl methyl sites for hydroxylation is 1. The number of halogens is 2. The van der Waals surface area contributed by atoms with Gasteiger partial charge in [0.15, 0.2) is 5.60 Å². The molecule has 31 heavy (non-hydrogen) atoms. The molecule has 0 fully saturated rings.